The molecule has 21 heavy (non-hydrogen) atoms. The van der Waals surface area contributed by atoms with Crippen molar-refractivity contribution in [2.75, 3.05) is 13.1 Å². The summed E-state index contributed by atoms with van der Waals surface area (Å²) in [6.45, 7) is 11.1. The van der Waals surface area contributed by atoms with E-state index in [-0.39, 0.29) is 5.54 Å². The third kappa shape index (κ3) is 4.20. The van der Waals surface area contributed by atoms with E-state index in [1.807, 2.05) is 0 Å². The monoisotopic (exact) mass is 296 g/mol. The lowest BCUT2D eigenvalue weighted by atomic mass is 9.81. The Bertz CT molecular complexity index is 302. The molecule has 2 fully saturated rings. The van der Waals surface area contributed by atoms with Crippen molar-refractivity contribution in [2.45, 2.75) is 96.4 Å². The van der Waals surface area contributed by atoms with E-state index in [9.17, 15) is 0 Å². The zero-order chi connectivity index (χ0) is 15.5. The molecule has 2 unspecified atom stereocenters. The molecule has 3 nitrogen and oxygen atoms in total. The molecule has 0 radical (unpaired) electrons. The lowest BCUT2D eigenvalue weighted by Crippen LogP contribution is -2.62. The van der Waals surface area contributed by atoms with Gasteiger partial charge in [0.25, 0.3) is 0 Å². The van der Waals surface area contributed by atoms with Crippen molar-refractivity contribution in [1.82, 2.24) is 4.90 Å². The Labute approximate surface area is 131 Å². The first-order chi connectivity index (χ1) is 9.97. The van der Waals surface area contributed by atoms with E-state index >= 15 is 0 Å². The number of nitrogens with zero attached hydrogens (tertiary/aromatic N) is 1. The molecule has 2 N–H and O–H groups in total. The molecule has 3 heteroatoms. The van der Waals surface area contributed by atoms with Gasteiger partial charge in [0.2, 0.25) is 0 Å². The summed E-state index contributed by atoms with van der Waals surface area (Å²) < 4.78 is 6.00. The van der Waals surface area contributed by atoms with E-state index in [4.69, 9.17) is 10.5 Å². The van der Waals surface area contributed by atoms with Gasteiger partial charge in [-0.25, -0.2) is 0 Å². The zero-order valence-electron chi connectivity index (χ0n) is 14.6. The first-order valence-corrected chi connectivity index (χ1v) is 9.09. The van der Waals surface area contributed by atoms with Gasteiger partial charge >= 0.3 is 0 Å². The van der Waals surface area contributed by atoms with Crippen LogP contribution in [-0.2, 0) is 4.74 Å². The third-order valence-electron chi connectivity index (χ3n) is 5.50. The highest BCUT2D eigenvalue weighted by atomic mass is 16.5. The Hall–Kier alpha value is -0.120. The molecule has 0 spiro atoms. The zero-order valence-corrected chi connectivity index (χ0v) is 14.6. The number of hydrogen-bond acceptors (Lipinski definition) is 3. The van der Waals surface area contributed by atoms with Crippen molar-refractivity contribution < 1.29 is 4.74 Å². The third-order valence-corrected chi connectivity index (χ3v) is 5.50. The van der Waals surface area contributed by atoms with Crippen LogP contribution in [0.15, 0.2) is 0 Å². The van der Waals surface area contributed by atoms with Gasteiger partial charge in [0, 0.05) is 18.1 Å². The van der Waals surface area contributed by atoms with Crippen molar-refractivity contribution in [1.29, 1.82) is 0 Å². The summed E-state index contributed by atoms with van der Waals surface area (Å²) in [6.07, 6.45) is 9.66. The Morgan fingerprint density at radius 1 is 1.14 bits per heavy atom. The average molecular weight is 296 g/mol. The Morgan fingerprint density at radius 2 is 1.71 bits per heavy atom. The van der Waals surface area contributed by atoms with E-state index in [2.05, 4.69) is 32.6 Å². The quantitative estimate of drug-likeness (QED) is 0.814. The summed E-state index contributed by atoms with van der Waals surface area (Å²) in [5, 5.41) is 0. The maximum Gasteiger partial charge on any atom is 0.0568 e. The molecule has 1 saturated heterocycles. The molecule has 0 bridgehead atoms. The molecule has 1 saturated carbocycles. The predicted octanol–water partition coefficient (Wildman–Crippen LogP) is 3.56. The number of rotatable bonds is 6. The highest BCUT2D eigenvalue weighted by molar-refractivity contribution is 5.00. The summed E-state index contributed by atoms with van der Waals surface area (Å²) in [7, 11) is 0. The van der Waals surface area contributed by atoms with Crippen molar-refractivity contribution in [3.63, 3.8) is 0 Å². The molecule has 0 amide bonds. The molecule has 2 rings (SSSR count). The first kappa shape index (κ1) is 17.2. The standard InChI is InChI=1S/C18H36N2O/c1-14(2)9-10-20(17-7-5-6-8-17)18(13-19)11-15(3)21-16(4)12-18/h14-17H,5-13,19H2,1-4H3. The lowest BCUT2D eigenvalue weighted by molar-refractivity contribution is -0.113. The lowest BCUT2D eigenvalue weighted by Gasteiger charge is -2.52. The van der Waals surface area contributed by atoms with Crippen LogP contribution in [0.4, 0.5) is 0 Å². The van der Waals surface area contributed by atoms with Gasteiger partial charge < -0.3 is 10.5 Å². The Kier molecular flexibility index (Phi) is 6.10. The molecule has 2 atom stereocenters. The molecular weight excluding hydrogens is 260 g/mol. The topological polar surface area (TPSA) is 38.5 Å². The van der Waals surface area contributed by atoms with Crippen LogP contribution in [0.2, 0.25) is 0 Å². The molecular formula is C18H36N2O. The predicted molar refractivity (Wildman–Crippen MR) is 89.4 cm³/mol. The summed E-state index contributed by atoms with van der Waals surface area (Å²) in [5.74, 6) is 0.762. The van der Waals surface area contributed by atoms with Crippen LogP contribution in [0.25, 0.3) is 0 Å². The van der Waals surface area contributed by atoms with Gasteiger partial charge in [0.05, 0.1) is 12.2 Å². The molecule has 2 aliphatic rings. The fourth-order valence-corrected chi connectivity index (χ4v) is 4.58. The van der Waals surface area contributed by atoms with Gasteiger partial charge in [-0.1, -0.05) is 26.7 Å². The van der Waals surface area contributed by atoms with Crippen molar-refractivity contribution in [3.05, 3.63) is 0 Å². The summed E-state index contributed by atoms with van der Waals surface area (Å²) in [5.41, 5.74) is 6.51. The highest BCUT2D eigenvalue weighted by Crippen LogP contribution is 2.38. The van der Waals surface area contributed by atoms with Crippen LogP contribution >= 0.6 is 0 Å². The first-order valence-electron chi connectivity index (χ1n) is 9.09. The number of hydrogen-bond donors (Lipinski definition) is 1. The largest absolute Gasteiger partial charge is 0.375 e. The molecule has 0 aromatic heterocycles. The van der Waals surface area contributed by atoms with Crippen molar-refractivity contribution in [3.8, 4) is 0 Å². The van der Waals surface area contributed by atoms with E-state index in [0.717, 1.165) is 31.3 Å². The van der Waals surface area contributed by atoms with Crippen LogP contribution in [-0.4, -0.2) is 41.8 Å². The molecule has 1 aliphatic heterocycles. The summed E-state index contributed by atoms with van der Waals surface area (Å²) in [6, 6.07) is 0.754. The Morgan fingerprint density at radius 3 is 2.19 bits per heavy atom. The molecule has 0 aromatic carbocycles. The second-order valence-electron chi connectivity index (χ2n) is 7.91. The summed E-state index contributed by atoms with van der Waals surface area (Å²) in [4.78, 5) is 2.82. The van der Waals surface area contributed by atoms with E-state index in [1.165, 1.54) is 38.6 Å². The minimum Gasteiger partial charge on any atom is -0.375 e. The Balaban J connectivity index is 2.17. The smallest absolute Gasteiger partial charge is 0.0568 e. The van der Waals surface area contributed by atoms with Gasteiger partial charge in [-0.2, -0.15) is 0 Å². The SMILES string of the molecule is CC(C)CCN(C1CCCC1)C1(CN)CC(C)OC(C)C1. The minimum atomic E-state index is 0.168. The van der Waals surface area contributed by atoms with E-state index in [1.54, 1.807) is 0 Å². The van der Waals surface area contributed by atoms with Crippen molar-refractivity contribution >= 4 is 0 Å². The number of nitrogens with two attached hydrogens (primary N) is 1. The maximum atomic E-state index is 6.34. The highest BCUT2D eigenvalue weighted by Gasteiger charge is 2.44. The van der Waals surface area contributed by atoms with Crippen molar-refractivity contribution in [2.24, 2.45) is 11.7 Å². The minimum absolute atomic E-state index is 0.168. The fourth-order valence-electron chi connectivity index (χ4n) is 4.58. The average Bonchev–Trinajstić information content (AvgIpc) is 2.91. The molecule has 1 aliphatic carbocycles. The van der Waals surface area contributed by atoms with E-state index in [0.29, 0.717) is 12.2 Å². The van der Waals surface area contributed by atoms with Gasteiger partial charge in [-0.15, -0.1) is 0 Å². The fraction of sp³-hybridized carbons (Fsp3) is 1.00. The second kappa shape index (κ2) is 7.43. The summed E-state index contributed by atoms with van der Waals surface area (Å²) >= 11 is 0. The number of ether oxygens (including phenoxy) is 1. The van der Waals surface area contributed by atoms with Crippen LogP contribution < -0.4 is 5.73 Å². The van der Waals surface area contributed by atoms with Crippen LogP contribution in [0, 0.1) is 5.92 Å². The van der Waals surface area contributed by atoms with E-state index < -0.39 is 0 Å². The molecule has 124 valence electrons. The van der Waals surface area contributed by atoms with Crippen LogP contribution in [0.3, 0.4) is 0 Å². The maximum absolute atomic E-state index is 6.34. The van der Waals surface area contributed by atoms with Gasteiger partial charge in [0.15, 0.2) is 0 Å². The molecule has 0 aromatic rings. The van der Waals surface area contributed by atoms with Crippen LogP contribution in [0.1, 0.15) is 72.6 Å². The second-order valence-corrected chi connectivity index (χ2v) is 7.91. The van der Waals surface area contributed by atoms with Gasteiger partial charge in [-0.05, 0) is 58.4 Å². The van der Waals surface area contributed by atoms with Gasteiger partial charge in [-0.3, -0.25) is 4.90 Å². The molecule has 1 heterocycles. The van der Waals surface area contributed by atoms with Crippen LogP contribution in [0.5, 0.6) is 0 Å². The normalized spacial score (nSPS) is 35.0. The van der Waals surface area contributed by atoms with Gasteiger partial charge in [0.1, 0.15) is 0 Å².